The fourth-order valence-electron chi connectivity index (χ4n) is 7.58. The van der Waals surface area contributed by atoms with Crippen molar-refractivity contribution < 1.29 is 44.2 Å². The Morgan fingerprint density at radius 2 is 0.910 bits per heavy atom. The van der Waals surface area contributed by atoms with E-state index in [0.717, 1.165) is 77.0 Å². The molecule has 0 aliphatic carbocycles. The number of aliphatic hydroxyl groups excluding tert-OH is 4. The molecule has 1 rings (SSSR count). The normalized spacial score (nSPS) is 20.0. The largest absolute Gasteiger partial charge is 0.457 e. The first-order valence-corrected chi connectivity index (χ1v) is 26.8. The lowest BCUT2D eigenvalue weighted by Gasteiger charge is -2.39. The lowest BCUT2D eigenvalue weighted by atomic mass is 9.99. The van der Waals surface area contributed by atoms with Gasteiger partial charge in [-0.15, -0.1) is 0 Å². The van der Waals surface area contributed by atoms with Crippen LogP contribution in [0.5, 0.6) is 0 Å². The highest BCUT2D eigenvalue weighted by Gasteiger charge is 2.44. The first kappa shape index (κ1) is 62.1. The van der Waals surface area contributed by atoms with Crippen LogP contribution < -0.4 is 0 Å². The second-order valence-electron chi connectivity index (χ2n) is 17.9. The second kappa shape index (κ2) is 48.1. The van der Waals surface area contributed by atoms with Crippen LogP contribution in [-0.4, -0.2) is 89.6 Å². The molecule has 1 saturated heterocycles. The zero-order valence-corrected chi connectivity index (χ0v) is 42.4. The molecule has 67 heavy (non-hydrogen) atoms. The number of rotatable bonds is 45. The van der Waals surface area contributed by atoms with Crippen LogP contribution in [0.3, 0.4) is 0 Å². The van der Waals surface area contributed by atoms with Gasteiger partial charge in [0.2, 0.25) is 0 Å². The van der Waals surface area contributed by atoms with E-state index in [1.165, 1.54) is 96.3 Å². The molecule has 9 nitrogen and oxygen atoms in total. The molecule has 0 aromatic heterocycles. The predicted octanol–water partition coefficient (Wildman–Crippen LogP) is 13.5. The molecule has 0 saturated carbocycles. The number of allylic oxidation sites excluding steroid dienone is 16. The van der Waals surface area contributed by atoms with E-state index >= 15 is 0 Å². The summed E-state index contributed by atoms with van der Waals surface area (Å²) >= 11 is 0. The minimum absolute atomic E-state index is 0.123. The summed E-state index contributed by atoms with van der Waals surface area (Å²) in [6.45, 7) is 4.39. The molecule has 384 valence electrons. The van der Waals surface area contributed by atoms with Crippen molar-refractivity contribution in [3.8, 4) is 0 Å². The molecule has 1 fully saturated rings. The predicted molar refractivity (Wildman–Crippen MR) is 279 cm³/mol. The third-order valence-electron chi connectivity index (χ3n) is 11.7. The van der Waals surface area contributed by atoms with Gasteiger partial charge in [0.1, 0.15) is 30.5 Å². The summed E-state index contributed by atoms with van der Waals surface area (Å²) in [5.74, 6) is -0.348. The fraction of sp³-hybridized carbons (Fsp3) is 0.707. The number of carbonyl (C=O) groups excluding carboxylic acids is 1. The van der Waals surface area contributed by atoms with Crippen LogP contribution in [0.1, 0.15) is 200 Å². The molecule has 1 aliphatic heterocycles. The number of aliphatic hydroxyl groups is 4. The Kier molecular flexibility index (Phi) is 44.6. The van der Waals surface area contributed by atoms with Gasteiger partial charge in [0.05, 0.1) is 19.8 Å². The first-order valence-electron chi connectivity index (χ1n) is 26.8. The van der Waals surface area contributed by atoms with E-state index in [0.29, 0.717) is 13.0 Å². The van der Waals surface area contributed by atoms with Crippen molar-refractivity contribution in [2.24, 2.45) is 0 Å². The van der Waals surface area contributed by atoms with Crippen molar-refractivity contribution in [3.63, 3.8) is 0 Å². The Labute approximate surface area is 409 Å². The SMILES string of the molecule is CC/C=C\C/C=C\C/C=C\C/C=C\C/C=C\C/C=C\C/C=C\CCCCCC(=O)OC(COCCCCCCCCCC/C=C\CCCCCCCCC)COC1OC(CO)C(O)C(O)C1O. The molecule has 0 spiro atoms. The van der Waals surface area contributed by atoms with Gasteiger partial charge in [0, 0.05) is 13.0 Å². The van der Waals surface area contributed by atoms with E-state index in [2.05, 4.69) is 111 Å². The highest BCUT2D eigenvalue weighted by Crippen LogP contribution is 2.22. The first-order chi connectivity index (χ1) is 32.9. The maximum absolute atomic E-state index is 12.9. The average molecular weight is 939 g/mol. The summed E-state index contributed by atoms with van der Waals surface area (Å²) in [6.07, 6.45) is 60.1. The molecule has 6 atom stereocenters. The van der Waals surface area contributed by atoms with Crippen LogP contribution in [0.2, 0.25) is 0 Å². The van der Waals surface area contributed by atoms with Gasteiger partial charge in [-0.25, -0.2) is 0 Å². The number of carbonyl (C=O) groups is 1. The van der Waals surface area contributed by atoms with E-state index in [1.807, 2.05) is 0 Å². The summed E-state index contributed by atoms with van der Waals surface area (Å²) < 4.78 is 22.9. The number of esters is 1. The van der Waals surface area contributed by atoms with Crippen molar-refractivity contribution in [2.75, 3.05) is 26.4 Å². The van der Waals surface area contributed by atoms with Crippen molar-refractivity contribution in [1.29, 1.82) is 0 Å². The molecular weight excluding hydrogens is 841 g/mol. The molecular formula is C58H98O9. The van der Waals surface area contributed by atoms with Crippen LogP contribution >= 0.6 is 0 Å². The molecule has 0 amide bonds. The quantitative estimate of drug-likeness (QED) is 0.0267. The van der Waals surface area contributed by atoms with Gasteiger partial charge in [0.25, 0.3) is 0 Å². The Morgan fingerprint density at radius 1 is 0.493 bits per heavy atom. The topological polar surface area (TPSA) is 135 Å². The number of ether oxygens (including phenoxy) is 4. The van der Waals surface area contributed by atoms with E-state index in [-0.39, 0.29) is 25.6 Å². The Balaban J connectivity index is 2.24. The van der Waals surface area contributed by atoms with E-state index in [1.54, 1.807) is 0 Å². The lowest BCUT2D eigenvalue weighted by Crippen LogP contribution is -2.59. The van der Waals surface area contributed by atoms with Gasteiger partial charge in [-0.05, 0) is 96.3 Å². The second-order valence-corrected chi connectivity index (χ2v) is 17.9. The van der Waals surface area contributed by atoms with Crippen molar-refractivity contribution in [2.45, 2.75) is 237 Å². The standard InChI is InChI=1S/C58H98O9/c1-3-5-7-9-11-13-15-17-19-21-23-24-25-26-27-28-29-31-33-35-37-39-41-43-45-47-54(60)66-52(51-65-58-57(63)56(62)55(61)53(49-59)67-58)50-64-48-46-44-42-40-38-36-34-32-30-22-20-18-16-14-12-10-8-6-4-2/h5,7,11,13,17,19-20,22-24,26-27,29,31,35,37,52-53,55-59,61-63H,3-4,6,8-10,12,14-16,18,21,25,28,30,32-34,36,38-51H2,1-2H3/b7-5-,13-11-,19-17-,22-20-,24-23-,27-26-,31-29-,37-35-. The van der Waals surface area contributed by atoms with Crippen LogP contribution in [0.25, 0.3) is 0 Å². The highest BCUT2D eigenvalue weighted by molar-refractivity contribution is 5.69. The molecule has 4 N–H and O–H groups in total. The van der Waals surface area contributed by atoms with Crippen molar-refractivity contribution in [1.82, 2.24) is 0 Å². The summed E-state index contributed by atoms with van der Waals surface area (Å²) in [5.41, 5.74) is 0. The van der Waals surface area contributed by atoms with Gasteiger partial charge < -0.3 is 39.4 Å². The van der Waals surface area contributed by atoms with Crippen molar-refractivity contribution in [3.05, 3.63) is 97.2 Å². The van der Waals surface area contributed by atoms with Gasteiger partial charge in [-0.3, -0.25) is 4.79 Å². The van der Waals surface area contributed by atoms with Gasteiger partial charge >= 0.3 is 5.97 Å². The fourth-order valence-corrected chi connectivity index (χ4v) is 7.58. The minimum Gasteiger partial charge on any atom is -0.457 e. The summed E-state index contributed by atoms with van der Waals surface area (Å²) in [4.78, 5) is 12.9. The Morgan fingerprint density at radius 3 is 1.39 bits per heavy atom. The molecule has 1 heterocycles. The molecule has 1 aliphatic rings. The summed E-state index contributed by atoms with van der Waals surface area (Å²) in [7, 11) is 0. The minimum atomic E-state index is -1.55. The molecule has 9 heteroatoms. The molecule has 0 aromatic carbocycles. The highest BCUT2D eigenvalue weighted by atomic mass is 16.7. The van der Waals surface area contributed by atoms with Crippen LogP contribution in [0, 0.1) is 0 Å². The zero-order valence-electron chi connectivity index (χ0n) is 42.4. The Bertz CT molecular complexity index is 1350. The van der Waals surface area contributed by atoms with E-state index < -0.39 is 43.4 Å². The maximum atomic E-state index is 12.9. The zero-order chi connectivity index (χ0) is 48.5. The van der Waals surface area contributed by atoms with Crippen molar-refractivity contribution >= 4 is 5.97 Å². The summed E-state index contributed by atoms with van der Waals surface area (Å²) in [6, 6.07) is 0. The van der Waals surface area contributed by atoms with Crippen LogP contribution in [0.4, 0.5) is 0 Å². The third kappa shape index (κ3) is 38.6. The molecule has 6 unspecified atom stereocenters. The number of unbranched alkanes of at least 4 members (excludes halogenated alkanes) is 18. The molecule has 0 bridgehead atoms. The number of hydrogen-bond donors (Lipinski definition) is 4. The van der Waals surface area contributed by atoms with Gasteiger partial charge in [-0.2, -0.15) is 0 Å². The Hall–Kier alpha value is -2.89. The van der Waals surface area contributed by atoms with E-state index in [4.69, 9.17) is 18.9 Å². The lowest BCUT2D eigenvalue weighted by molar-refractivity contribution is -0.305. The third-order valence-corrected chi connectivity index (χ3v) is 11.7. The van der Waals surface area contributed by atoms with Crippen LogP contribution in [0.15, 0.2) is 97.2 Å². The average Bonchev–Trinajstić information content (AvgIpc) is 3.33. The van der Waals surface area contributed by atoms with Crippen LogP contribution in [-0.2, 0) is 23.7 Å². The monoisotopic (exact) mass is 939 g/mol. The van der Waals surface area contributed by atoms with E-state index in [9.17, 15) is 25.2 Å². The van der Waals surface area contributed by atoms with Gasteiger partial charge in [-0.1, -0.05) is 195 Å². The summed E-state index contributed by atoms with van der Waals surface area (Å²) in [5, 5.41) is 40.3. The smallest absolute Gasteiger partial charge is 0.306 e. The maximum Gasteiger partial charge on any atom is 0.306 e. The molecule has 0 aromatic rings. The molecule has 0 radical (unpaired) electrons. The number of hydrogen-bond acceptors (Lipinski definition) is 9. The van der Waals surface area contributed by atoms with Gasteiger partial charge in [0.15, 0.2) is 6.29 Å².